The summed E-state index contributed by atoms with van der Waals surface area (Å²) < 4.78 is 19.0. The van der Waals surface area contributed by atoms with E-state index in [0.717, 1.165) is 0 Å². The Morgan fingerprint density at radius 1 is 1.27 bits per heavy atom. The van der Waals surface area contributed by atoms with Crippen LogP contribution in [-0.2, 0) is 11.3 Å². The molecule has 1 amide bonds. The zero-order chi connectivity index (χ0) is 19.6. The molecule has 26 heavy (non-hydrogen) atoms. The number of nitrogens with zero attached hydrogens (tertiary/aromatic N) is 2. The van der Waals surface area contributed by atoms with Crippen molar-refractivity contribution in [2.45, 2.75) is 39.3 Å². The molecule has 0 aliphatic rings. The van der Waals surface area contributed by atoms with E-state index in [4.69, 9.17) is 10.00 Å². The maximum Gasteiger partial charge on any atom is 0.407 e. The van der Waals surface area contributed by atoms with Gasteiger partial charge in [0.15, 0.2) is 5.96 Å². The van der Waals surface area contributed by atoms with E-state index in [-0.39, 0.29) is 12.1 Å². The molecule has 0 saturated carbocycles. The summed E-state index contributed by atoms with van der Waals surface area (Å²) in [6.07, 6.45) is 0.224. The van der Waals surface area contributed by atoms with Crippen LogP contribution in [0.25, 0.3) is 0 Å². The summed E-state index contributed by atoms with van der Waals surface area (Å²) >= 11 is 0. The Morgan fingerprint density at radius 3 is 2.54 bits per heavy atom. The molecule has 3 N–H and O–H groups in total. The molecular formula is C18H26FN5O2. The number of alkyl carbamates (subject to hydrolysis) is 1. The number of halogens is 1. The van der Waals surface area contributed by atoms with E-state index in [1.54, 1.807) is 40.0 Å². The van der Waals surface area contributed by atoms with E-state index in [2.05, 4.69) is 20.9 Å². The maximum absolute atomic E-state index is 13.8. The fourth-order valence-electron chi connectivity index (χ4n) is 1.96. The normalized spacial score (nSPS) is 11.5. The van der Waals surface area contributed by atoms with Crippen molar-refractivity contribution in [1.82, 2.24) is 16.0 Å². The minimum absolute atomic E-state index is 0.243. The van der Waals surface area contributed by atoms with E-state index in [0.29, 0.717) is 31.0 Å². The van der Waals surface area contributed by atoms with Crippen molar-refractivity contribution in [2.24, 2.45) is 4.99 Å². The van der Waals surface area contributed by atoms with Gasteiger partial charge in [-0.25, -0.2) is 9.18 Å². The zero-order valence-electron chi connectivity index (χ0n) is 15.6. The Balaban J connectivity index is 2.30. The molecule has 7 nitrogen and oxygen atoms in total. The fraction of sp³-hybridized carbons (Fsp3) is 0.500. The molecule has 1 aromatic rings. The second-order valence-corrected chi connectivity index (χ2v) is 6.55. The number of carbonyl (C=O) groups excluding carboxylic acids is 1. The van der Waals surface area contributed by atoms with Crippen LogP contribution < -0.4 is 16.0 Å². The smallest absolute Gasteiger partial charge is 0.407 e. The largest absolute Gasteiger partial charge is 0.444 e. The molecule has 0 bridgehead atoms. The van der Waals surface area contributed by atoms with Crippen molar-refractivity contribution in [3.63, 3.8) is 0 Å². The van der Waals surface area contributed by atoms with Gasteiger partial charge in [0.05, 0.1) is 11.6 Å². The molecule has 0 unspecified atom stereocenters. The Kier molecular flexibility index (Phi) is 8.35. The lowest BCUT2D eigenvalue weighted by molar-refractivity contribution is 0.0527. The number of benzene rings is 1. The first kappa shape index (κ1) is 21.2. The zero-order valence-corrected chi connectivity index (χ0v) is 15.6. The van der Waals surface area contributed by atoms with E-state index in [1.807, 2.05) is 6.07 Å². The summed E-state index contributed by atoms with van der Waals surface area (Å²) in [6, 6.07) is 6.24. The Hall–Kier alpha value is -2.82. The number of carbonyl (C=O) groups is 1. The molecule has 0 radical (unpaired) electrons. The van der Waals surface area contributed by atoms with E-state index in [1.165, 1.54) is 6.07 Å². The maximum atomic E-state index is 13.8. The predicted molar refractivity (Wildman–Crippen MR) is 98.2 cm³/mol. The van der Waals surface area contributed by atoms with Gasteiger partial charge in [0.25, 0.3) is 0 Å². The highest BCUT2D eigenvalue weighted by Gasteiger charge is 2.15. The minimum atomic E-state index is -0.519. The molecule has 0 aliphatic carbocycles. The molecule has 0 spiro atoms. The predicted octanol–water partition coefficient (Wildman–Crippen LogP) is 2.28. The molecule has 0 aliphatic heterocycles. The standard InChI is InChI=1S/C18H26FN5O2/c1-18(2,3)26-17(25)23-9-5-8-22-16(21-4)24-12-14-7-6-13(11-20)10-15(14)19/h6-7,10H,5,8-9,12H2,1-4H3,(H,23,25)(H2,21,22,24). The van der Waals surface area contributed by atoms with Crippen molar-refractivity contribution in [2.75, 3.05) is 20.1 Å². The Bertz CT molecular complexity index is 677. The Labute approximate surface area is 153 Å². The summed E-state index contributed by atoms with van der Waals surface area (Å²) in [5.41, 5.74) is 0.208. The number of ether oxygens (including phenoxy) is 1. The number of aliphatic imine (C=N–C) groups is 1. The monoisotopic (exact) mass is 363 g/mol. The number of guanidine groups is 1. The van der Waals surface area contributed by atoms with Crippen molar-refractivity contribution in [1.29, 1.82) is 5.26 Å². The van der Waals surface area contributed by atoms with Crippen LogP contribution in [0.3, 0.4) is 0 Å². The highest BCUT2D eigenvalue weighted by atomic mass is 19.1. The second-order valence-electron chi connectivity index (χ2n) is 6.55. The first-order chi connectivity index (χ1) is 12.2. The van der Waals surface area contributed by atoms with Gasteiger partial charge in [0, 0.05) is 32.2 Å². The molecular weight excluding hydrogens is 337 g/mol. The average molecular weight is 363 g/mol. The molecule has 0 saturated heterocycles. The third-order valence-corrected chi connectivity index (χ3v) is 3.17. The number of hydrogen-bond donors (Lipinski definition) is 3. The third kappa shape index (κ3) is 8.33. The number of hydrogen-bond acceptors (Lipinski definition) is 4. The van der Waals surface area contributed by atoms with Crippen molar-refractivity contribution in [3.8, 4) is 6.07 Å². The molecule has 1 rings (SSSR count). The van der Waals surface area contributed by atoms with Gasteiger partial charge in [-0.2, -0.15) is 5.26 Å². The van der Waals surface area contributed by atoms with E-state index >= 15 is 0 Å². The minimum Gasteiger partial charge on any atom is -0.444 e. The lowest BCUT2D eigenvalue weighted by atomic mass is 10.1. The van der Waals surface area contributed by atoms with Gasteiger partial charge in [-0.15, -0.1) is 0 Å². The second kappa shape index (κ2) is 10.2. The van der Waals surface area contributed by atoms with Crippen LogP contribution in [0.1, 0.15) is 38.3 Å². The molecule has 0 atom stereocenters. The quantitative estimate of drug-likeness (QED) is 0.409. The Morgan fingerprint density at radius 2 is 1.96 bits per heavy atom. The van der Waals surface area contributed by atoms with Gasteiger partial charge in [0.2, 0.25) is 0 Å². The lowest BCUT2D eigenvalue weighted by Crippen LogP contribution is -2.39. The van der Waals surface area contributed by atoms with Gasteiger partial charge in [-0.05, 0) is 39.3 Å². The van der Waals surface area contributed by atoms with Crippen LogP contribution in [0.5, 0.6) is 0 Å². The highest BCUT2D eigenvalue weighted by Crippen LogP contribution is 2.09. The number of nitrogens with one attached hydrogen (secondary N) is 3. The van der Waals surface area contributed by atoms with Gasteiger partial charge in [0.1, 0.15) is 11.4 Å². The molecule has 1 aromatic carbocycles. The van der Waals surface area contributed by atoms with Crippen LogP contribution in [-0.4, -0.2) is 37.8 Å². The van der Waals surface area contributed by atoms with Crippen LogP contribution in [0.2, 0.25) is 0 Å². The van der Waals surface area contributed by atoms with Crippen LogP contribution in [0, 0.1) is 17.1 Å². The van der Waals surface area contributed by atoms with Crippen LogP contribution >= 0.6 is 0 Å². The summed E-state index contributed by atoms with van der Waals surface area (Å²) in [7, 11) is 1.61. The number of rotatable bonds is 6. The molecule has 0 aromatic heterocycles. The lowest BCUT2D eigenvalue weighted by Gasteiger charge is -2.19. The van der Waals surface area contributed by atoms with Gasteiger partial charge in [-0.3, -0.25) is 4.99 Å². The van der Waals surface area contributed by atoms with Crippen molar-refractivity contribution >= 4 is 12.1 Å². The van der Waals surface area contributed by atoms with Crippen LogP contribution in [0.4, 0.5) is 9.18 Å². The fourth-order valence-corrected chi connectivity index (χ4v) is 1.96. The highest BCUT2D eigenvalue weighted by molar-refractivity contribution is 5.79. The van der Waals surface area contributed by atoms with Gasteiger partial charge < -0.3 is 20.7 Å². The SMILES string of the molecule is CN=C(NCCCNC(=O)OC(C)(C)C)NCc1ccc(C#N)cc1F. The van der Waals surface area contributed by atoms with Crippen molar-refractivity contribution < 1.29 is 13.9 Å². The molecule has 142 valence electrons. The summed E-state index contributed by atoms with van der Waals surface area (Å²) in [5, 5.41) is 17.5. The molecule has 0 fully saturated rings. The first-order valence-electron chi connectivity index (χ1n) is 8.35. The topological polar surface area (TPSA) is 98.5 Å². The van der Waals surface area contributed by atoms with Crippen molar-refractivity contribution in [3.05, 3.63) is 35.1 Å². The number of amides is 1. The molecule has 0 heterocycles. The number of nitriles is 1. The van der Waals surface area contributed by atoms with E-state index < -0.39 is 17.5 Å². The summed E-state index contributed by atoms with van der Waals surface area (Å²) in [6.45, 7) is 6.70. The summed E-state index contributed by atoms with van der Waals surface area (Å²) in [4.78, 5) is 15.6. The summed E-state index contributed by atoms with van der Waals surface area (Å²) in [5.74, 6) is 0.0830. The first-order valence-corrected chi connectivity index (χ1v) is 8.35. The van der Waals surface area contributed by atoms with Gasteiger partial charge >= 0.3 is 6.09 Å². The third-order valence-electron chi connectivity index (χ3n) is 3.17. The van der Waals surface area contributed by atoms with Crippen LogP contribution in [0.15, 0.2) is 23.2 Å². The van der Waals surface area contributed by atoms with E-state index in [9.17, 15) is 9.18 Å². The van der Waals surface area contributed by atoms with Gasteiger partial charge in [-0.1, -0.05) is 6.07 Å². The molecule has 8 heteroatoms. The average Bonchev–Trinajstić information content (AvgIpc) is 2.56.